The Balaban J connectivity index is 1.46. The van der Waals surface area contributed by atoms with E-state index in [9.17, 15) is 14.4 Å². The number of nitrogens with zero attached hydrogens (tertiary/aromatic N) is 3. The number of likely N-dealkylation sites (tertiary alicyclic amines) is 1. The summed E-state index contributed by atoms with van der Waals surface area (Å²) in [7, 11) is 0. The Hall–Kier alpha value is -3.43. The van der Waals surface area contributed by atoms with Crippen molar-refractivity contribution in [2.24, 2.45) is 5.41 Å². The number of aliphatic hydroxyl groups excluding tert-OH is 1. The van der Waals surface area contributed by atoms with Gasteiger partial charge in [0.2, 0.25) is 5.91 Å². The number of nitrogens with one attached hydrogen (secondary N) is 1. The highest BCUT2D eigenvalue weighted by molar-refractivity contribution is 6.03. The molecule has 4 rings (SSSR count). The van der Waals surface area contributed by atoms with Gasteiger partial charge >= 0.3 is 6.03 Å². The Labute approximate surface area is 243 Å². The van der Waals surface area contributed by atoms with E-state index in [1.165, 1.54) is 4.90 Å². The molecule has 9 heteroatoms. The van der Waals surface area contributed by atoms with Crippen LogP contribution in [-0.2, 0) is 4.79 Å². The zero-order valence-electron chi connectivity index (χ0n) is 24.8. The Morgan fingerprint density at radius 1 is 1.00 bits per heavy atom. The third-order valence-corrected chi connectivity index (χ3v) is 8.61. The van der Waals surface area contributed by atoms with E-state index in [0.29, 0.717) is 43.8 Å². The lowest BCUT2D eigenvalue weighted by molar-refractivity contribution is -0.191. The number of imide groups is 1. The predicted molar refractivity (Wildman–Crippen MR) is 158 cm³/mol. The topological polar surface area (TPSA) is 102 Å². The molecular weight excluding hydrogens is 520 g/mol. The Bertz CT molecular complexity index is 1190. The van der Waals surface area contributed by atoms with E-state index >= 15 is 0 Å². The van der Waals surface area contributed by atoms with Crippen LogP contribution in [0.5, 0.6) is 5.75 Å². The molecule has 0 bridgehead atoms. The molecule has 0 radical (unpaired) electrons. The molecule has 2 fully saturated rings. The zero-order valence-corrected chi connectivity index (χ0v) is 24.8. The Kier molecular flexibility index (Phi) is 10.0. The van der Waals surface area contributed by atoms with Crippen LogP contribution in [0.25, 0.3) is 0 Å². The summed E-state index contributed by atoms with van der Waals surface area (Å²) in [5.41, 5.74) is 1.92. The molecule has 2 saturated heterocycles. The number of aliphatic hydroxyl groups is 1. The SMILES string of the molecule is CCC[C@H](NC(=O)N1C(=O)C(CC)(CC)[C@@H]1Oc1ccc(C(=O)N2CCN(CCO)CC2)cc1)c1ccc(C)cc1. The lowest BCUT2D eigenvalue weighted by atomic mass is 9.72. The number of rotatable bonds is 11. The van der Waals surface area contributed by atoms with Gasteiger partial charge in [0.1, 0.15) is 11.2 Å². The molecule has 2 heterocycles. The minimum atomic E-state index is -0.788. The van der Waals surface area contributed by atoms with Crippen LogP contribution in [0.3, 0.4) is 0 Å². The molecule has 9 nitrogen and oxygen atoms in total. The number of β-amino-alcohol motifs (C(OH)–C–C–N with tert-alkyl or cyclic N) is 1. The van der Waals surface area contributed by atoms with Gasteiger partial charge in [-0.25, -0.2) is 9.69 Å². The summed E-state index contributed by atoms with van der Waals surface area (Å²) in [6.45, 7) is 11.4. The minimum Gasteiger partial charge on any atom is -0.469 e. The summed E-state index contributed by atoms with van der Waals surface area (Å²) in [5.74, 6) is 0.227. The van der Waals surface area contributed by atoms with Gasteiger partial charge in [-0.1, -0.05) is 57.0 Å². The van der Waals surface area contributed by atoms with Crippen LogP contribution < -0.4 is 10.1 Å². The highest BCUT2D eigenvalue weighted by Crippen LogP contribution is 2.46. The number of benzene rings is 2. The first-order valence-electron chi connectivity index (χ1n) is 14.9. The minimum absolute atomic E-state index is 0.0467. The molecule has 4 amide bonds. The van der Waals surface area contributed by atoms with Gasteiger partial charge in [-0.05, 0) is 56.0 Å². The fraction of sp³-hybridized carbons (Fsp3) is 0.531. The monoisotopic (exact) mass is 564 g/mol. The predicted octanol–water partition coefficient (Wildman–Crippen LogP) is 4.35. The summed E-state index contributed by atoms with van der Waals surface area (Å²) >= 11 is 0. The highest BCUT2D eigenvalue weighted by atomic mass is 16.5. The Morgan fingerprint density at radius 2 is 1.63 bits per heavy atom. The molecule has 0 saturated carbocycles. The fourth-order valence-corrected chi connectivity index (χ4v) is 5.83. The van der Waals surface area contributed by atoms with Gasteiger partial charge in [-0.3, -0.25) is 14.5 Å². The van der Waals surface area contributed by atoms with Crippen LogP contribution in [0.1, 0.15) is 74.0 Å². The van der Waals surface area contributed by atoms with Gasteiger partial charge in [0.15, 0.2) is 6.23 Å². The summed E-state index contributed by atoms with van der Waals surface area (Å²) in [6, 6.07) is 14.3. The number of ether oxygens (including phenoxy) is 1. The van der Waals surface area contributed by atoms with Crippen LogP contribution in [0.4, 0.5) is 4.79 Å². The third kappa shape index (κ3) is 6.41. The van der Waals surface area contributed by atoms with Crippen LogP contribution in [0, 0.1) is 12.3 Å². The maximum absolute atomic E-state index is 13.5. The number of piperazine rings is 1. The zero-order chi connectivity index (χ0) is 29.6. The second-order valence-corrected chi connectivity index (χ2v) is 11.1. The van der Waals surface area contributed by atoms with E-state index in [1.807, 2.05) is 49.9 Å². The van der Waals surface area contributed by atoms with Crippen LogP contribution in [-0.4, -0.2) is 83.2 Å². The molecule has 41 heavy (non-hydrogen) atoms. The molecule has 0 aromatic heterocycles. The largest absolute Gasteiger partial charge is 0.469 e. The second kappa shape index (κ2) is 13.5. The first-order valence-corrected chi connectivity index (χ1v) is 14.9. The number of hydrogen-bond acceptors (Lipinski definition) is 6. The molecule has 0 unspecified atom stereocenters. The first-order chi connectivity index (χ1) is 19.8. The van der Waals surface area contributed by atoms with Gasteiger partial charge < -0.3 is 20.1 Å². The second-order valence-electron chi connectivity index (χ2n) is 11.1. The quantitative estimate of drug-likeness (QED) is 0.394. The third-order valence-electron chi connectivity index (χ3n) is 8.61. The molecule has 0 aliphatic carbocycles. The standard InChI is InChI=1S/C32H44N4O5/c1-5-8-27(24-11-9-23(4)10-12-24)33-31(40)36-29(39)32(6-2,7-3)30(36)41-26-15-13-25(14-16-26)28(38)35-19-17-34(18-20-35)21-22-37/h9-16,27,30,37H,5-8,17-22H2,1-4H3,(H,33,40)/t27-,30-/m0/s1. The number of β-lactam (4-membered cyclic amide) rings is 1. The van der Waals surface area contributed by atoms with E-state index in [4.69, 9.17) is 9.84 Å². The summed E-state index contributed by atoms with van der Waals surface area (Å²) in [5, 5.41) is 12.2. The molecule has 222 valence electrons. The highest BCUT2D eigenvalue weighted by Gasteiger charge is 2.63. The summed E-state index contributed by atoms with van der Waals surface area (Å²) in [4.78, 5) is 45.1. The van der Waals surface area contributed by atoms with Crippen molar-refractivity contribution in [2.45, 2.75) is 65.6 Å². The van der Waals surface area contributed by atoms with Crippen molar-refractivity contribution in [1.82, 2.24) is 20.0 Å². The number of amides is 4. The average molecular weight is 565 g/mol. The number of aryl methyl sites for hydroxylation is 1. The van der Waals surface area contributed by atoms with Crippen molar-refractivity contribution in [3.05, 3.63) is 65.2 Å². The van der Waals surface area contributed by atoms with Gasteiger partial charge in [-0.2, -0.15) is 0 Å². The van der Waals surface area contributed by atoms with Crippen molar-refractivity contribution < 1.29 is 24.2 Å². The van der Waals surface area contributed by atoms with Crippen molar-refractivity contribution in [3.8, 4) is 5.75 Å². The molecular formula is C32H44N4O5. The van der Waals surface area contributed by atoms with Crippen molar-refractivity contribution >= 4 is 17.8 Å². The van der Waals surface area contributed by atoms with E-state index in [-0.39, 0.29) is 24.5 Å². The maximum Gasteiger partial charge on any atom is 0.327 e. The lowest BCUT2D eigenvalue weighted by Crippen LogP contribution is -2.73. The number of urea groups is 1. The van der Waals surface area contributed by atoms with E-state index in [0.717, 1.165) is 37.1 Å². The van der Waals surface area contributed by atoms with Gasteiger partial charge in [0.25, 0.3) is 5.91 Å². The lowest BCUT2D eigenvalue weighted by Gasteiger charge is -2.53. The van der Waals surface area contributed by atoms with E-state index in [2.05, 4.69) is 17.1 Å². The molecule has 0 spiro atoms. The van der Waals surface area contributed by atoms with Crippen LogP contribution in [0.2, 0.25) is 0 Å². The summed E-state index contributed by atoms with van der Waals surface area (Å²) in [6.07, 6.45) is 1.98. The maximum atomic E-state index is 13.5. The fourth-order valence-electron chi connectivity index (χ4n) is 5.83. The number of carbonyl (C=O) groups is 3. The van der Waals surface area contributed by atoms with Crippen molar-refractivity contribution in [2.75, 3.05) is 39.3 Å². The molecule has 2 aliphatic heterocycles. The Morgan fingerprint density at radius 3 is 2.20 bits per heavy atom. The molecule has 2 N–H and O–H groups in total. The molecule has 2 aliphatic rings. The number of carbonyl (C=O) groups excluding carboxylic acids is 3. The normalized spacial score (nSPS) is 19.4. The first kappa shape index (κ1) is 30.5. The van der Waals surface area contributed by atoms with E-state index < -0.39 is 17.7 Å². The summed E-state index contributed by atoms with van der Waals surface area (Å²) < 4.78 is 6.33. The van der Waals surface area contributed by atoms with Gasteiger partial charge in [0.05, 0.1) is 12.6 Å². The van der Waals surface area contributed by atoms with Crippen molar-refractivity contribution in [3.63, 3.8) is 0 Å². The van der Waals surface area contributed by atoms with Crippen LogP contribution >= 0.6 is 0 Å². The van der Waals surface area contributed by atoms with Gasteiger partial charge in [-0.15, -0.1) is 0 Å². The number of hydrogen-bond donors (Lipinski definition) is 2. The van der Waals surface area contributed by atoms with Crippen molar-refractivity contribution in [1.29, 1.82) is 0 Å². The molecule has 2 atom stereocenters. The average Bonchev–Trinajstić information content (AvgIpc) is 2.98. The van der Waals surface area contributed by atoms with Gasteiger partial charge in [0, 0.05) is 38.3 Å². The van der Waals surface area contributed by atoms with Crippen LogP contribution in [0.15, 0.2) is 48.5 Å². The van der Waals surface area contributed by atoms with E-state index in [1.54, 1.807) is 24.3 Å². The molecule has 2 aromatic rings. The molecule has 2 aromatic carbocycles. The smallest absolute Gasteiger partial charge is 0.327 e.